The molecule has 1 fully saturated rings. The fraction of sp³-hybridized carbons (Fsp3) is 0.438. The Morgan fingerprint density at radius 1 is 1.32 bits per heavy atom. The maximum atomic E-state index is 12.9. The minimum atomic E-state index is -3.83. The molecule has 1 aromatic rings. The van der Waals surface area contributed by atoms with Gasteiger partial charge in [0.05, 0.1) is 22.0 Å². The molecule has 3 atom stereocenters. The number of hydrogen-bond acceptors (Lipinski definition) is 5. The van der Waals surface area contributed by atoms with E-state index in [-0.39, 0.29) is 17.7 Å². The molecule has 1 N–H and O–H groups in total. The largest absolute Gasteiger partial charge is 0.481 e. The molecule has 0 aromatic heterocycles. The zero-order valence-corrected chi connectivity index (χ0v) is 15.2. The van der Waals surface area contributed by atoms with Gasteiger partial charge in [-0.2, -0.15) is 5.26 Å². The van der Waals surface area contributed by atoms with Gasteiger partial charge in [-0.1, -0.05) is 11.6 Å². The van der Waals surface area contributed by atoms with Gasteiger partial charge in [0.1, 0.15) is 0 Å². The van der Waals surface area contributed by atoms with Crippen molar-refractivity contribution in [2.45, 2.75) is 29.9 Å². The molecule has 0 aliphatic heterocycles. The van der Waals surface area contributed by atoms with Gasteiger partial charge in [-0.05, 0) is 43.5 Å². The lowest BCUT2D eigenvalue weighted by atomic mass is 9.95. The van der Waals surface area contributed by atoms with Crippen molar-refractivity contribution in [2.24, 2.45) is 11.8 Å². The second-order valence-electron chi connectivity index (χ2n) is 6.10. The fourth-order valence-corrected chi connectivity index (χ4v) is 5.47. The normalized spacial score (nSPS) is 23.0. The van der Waals surface area contributed by atoms with Crippen LogP contribution in [-0.4, -0.2) is 42.6 Å². The molecule has 0 radical (unpaired) electrons. The fourth-order valence-electron chi connectivity index (χ4n) is 3.20. The Morgan fingerprint density at radius 3 is 2.44 bits per heavy atom. The molecule has 1 aliphatic carbocycles. The zero-order chi connectivity index (χ0) is 18.9. The average Bonchev–Trinajstić information content (AvgIpc) is 2.99. The highest BCUT2D eigenvalue weighted by Gasteiger charge is 2.48. The first kappa shape index (κ1) is 19.2. The Balaban J connectivity index is 2.39. The number of nitrogens with zero attached hydrogens (tertiary/aromatic N) is 2. The molecule has 1 aliphatic rings. The van der Waals surface area contributed by atoms with E-state index in [1.54, 1.807) is 13.1 Å². The summed E-state index contributed by atoms with van der Waals surface area (Å²) in [6, 6.07) is 4.36. The van der Waals surface area contributed by atoms with Crippen LogP contribution in [0.3, 0.4) is 0 Å². The molecule has 134 valence electrons. The summed E-state index contributed by atoms with van der Waals surface area (Å²) in [5, 5.41) is 17.6. The van der Waals surface area contributed by atoms with Gasteiger partial charge in [0, 0.05) is 12.1 Å². The summed E-state index contributed by atoms with van der Waals surface area (Å²) in [7, 11) is -2.60. The third-order valence-electron chi connectivity index (χ3n) is 4.52. The molecule has 7 nitrogen and oxygen atoms in total. The van der Waals surface area contributed by atoms with E-state index in [1.807, 2.05) is 0 Å². The van der Waals surface area contributed by atoms with Crippen LogP contribution in [-0.2, 0) is 19.4 Å². The molecule has 0 unspecified atom stereocenters. The first-order valence-electron chi connectivity index (χ1n) is 7.49. The summed E-state index contributed by atoms with van der Waals surface area (Å²) < 4.78 is 25.8. The number of carbonyl (C=O) groups excluding carboxylic acids is 1. The van der Waals surface area contributed by atoms with Crippen molar-refractivity contribution in [2.75, 3.05) is 7.05 Å². The van der Waals surface area contributed by atoms with Crippen molar-refractivity contribution in [1.82, 2.24) is 4.90 Å². The van der Waals surface area contributed by atoms with Gasteiger partial charge in [0.25, 0.3) is 0 Å². The van der Waals surface area contributed by atoms with Crippen molar-refractivity contribution in [1.29, 1.82) is 5.26 Å². The molecule has 0 heterocycles. The number of amides is 1. The monoisotopic (exact) mass is 384 g/mol. The van der Waals surface area contributed by atoms with Gasteiger partial charge in [0.15, 0.2) is 16.0 Å². The number of carboxylic acid groups (broad SMARTS) is 1. The Hall–Kier alpha value is -2.11. The summed E-state index contributed by atoms with van der Waals surface area (Å²) >= 11 is 5.85. The van der Waals surface area contributed by atoms with Crippen LogP contribution in [0.25, 0.3) is 0 Å². The standard InChI is InChI=1S/C16H17ClN2O5S/c1-9-5-10(17)3-4-14(9)25(23,24)11-6-12(13(7-11)16(21)22)15(20)19(2)8-18/h3-5,11-13H,6-7H2,1-2H3,(H,21,22)/t11-,12-,13-/m1/s1. The second kappa shape index (κ2) is 7.02. The van der Waals surface area contributed by atoms with E-state index in [1.165, 1.54) is 25.2 Å². The first-order valence-corrected chi connectivity index (χ1v) is 9.42. The summed E-state index contributed by atoms with van der Waals surface area (Å²) in [4.78, 5) is 24.5. The van der Waals surface area contributed by atoms with E-state index in [9.17, 15) is 23.1 Å². The predicted octanol–water partition coefficient (Wildman–Crippen LogP) is 1.84. The lowest BCUT2D eigenvalue weighted by Gasteiger charge is -2.17. The summed E-state index contributed by atoms with van der Waals surface area (Å²) in [6.45, 7) is 1.61. The number of carbonyl (C=O) groups is 2. The van der Waals surface area contributed by atoms with Gasteiger partial charge in [0.2, 0.25) is 5.91 Å². The van der Waals surface area contributed by atoms with Gasteiger partial charge in [-0.25, -0.2) is 8.42 Å². The summed E-state index contributed by atoms with van der Waals surface area (Å²) in [6.07, 6.45) is 1.32. The molecule has 2 rings (SSSR count). The van der Waals surface area contributed by atoms with Crippen LogP contribution >= 0.6 is 11.6 Å². The lowest BCUT2D eigenvalue weighted by molar-refractivity contribution is -0.147. The Kier molecular flexibility index (Phi) is 5.40. The lowest BCUT2D eigenvalue weighted by Crippen LogP contribution is -2.34. The van der Waals surface area contributed by atoms with Crippen molar-refractivity contribution < 1.29 is 23.1 Å². The number of aryl methyl sites for hydroxylation is 1. The molecule has 9 heteroatoms. The van der Waals surface area contributed by atoms with Crippen molar-refractivity contribution in [3.05, 3.63) is 28.8 Å². The molecule has 1 saturated carbocycles. The zero-order valence-electron chi connectivity index (χ0n) is 13.6. The van der Waals surface area contributed by atoms with Crippen LogP contribution < -0.4 is 0 Å². The molecule has 25 heavy (non-hydrogen) atoms. The third-order valence-corrected chi connectivity index (χ3v) is 7.09. The van der Waals surface area contributed by atoms with Crippen molar-refractivity contribution in [3.63, 3.8) is 0 Å². The Bertz CT molecular complexity index is 862. The van der Waals surface area contributed by atoms with Crippen LogP contribution in [0.15, 0.2) is 23.1 Å². The second-order valence-corrected chi connectivity index (χ2v) is 8.73. The highest BCUT2D eigenvalue weighted by molar-refractivity contribution is 7.92. The average molecular weight is 385 g/mol. The number of halogens is 1. The highest BCUT2D eigenvalue weighted by Crippen LogP contribution is 2.40. The van der Waals surface area contributed by atoms with E-state index in [2.05, 4.69) is 0 Å². The van der Waals surface area contributed by atoms with Crippen LogP contribution in [0, 0.1) is 30.2 Å². The quantitative estimate of drug-likeness (QED) is 0.625. The molecule has 1 aromatic carbocycles. The third kappa shape index (κ3) is 3.62. The van der Waals surface area contributed by atoms with Crippen molar-refractivity contribution >= 4 is 33.3 Å². The van der Waals surface area contributed by atoms with E-state index in [0.717, 1.165) is 4.90 Å². The summed E-state index contributed by atoms with van der Waals surface area (Å²) in [5.74, 6) is -4.11. The molecule has 0 saturated heterocycles. The van der Waals surface area contributed by atoms with Crippen LogP contribution in [0.1, 0.15) is 18.4 Å². The summed E-state index contributed by atoms with van der Waals surface area (Å²) in [5.41, 5.74) is 0.461. The minimum absolute atomic E-state index is 0.0766. The predicted molar refractivity (Wildman–Crippen MR) is 89.4 cm³/mol. The van der Waals surface area contributed by atoms with Gasteiger partial charge in [-0.15, -0.1) is 0 Å². The topological polar surface area (TPSA) is 116 Å². The smallest absolute Gasteiger partial charge is 0.307 e. The minimum Gasteiger partial charge on any atom is -0.481 e. The van der Waals surface area contributed by atoms with Crippen LogP contribution in [0.5, 0.6) is 0 Å². The number of sulfone groups is 1. The molecular formula is C16H17ClN2O5S. The van der Waals surface area contributed by atoms with E-state index < -0.39 is 38.8 Å². The maximum Gasteiger partial charge on any atom is 0.307 e. The number of nitriles is 1. The number of aliphatic carboxylic acids is 1. The van der Waals surface area contributed by atoms with E-state index in [4.69, 9.17) is 16.9 Å². The first-order chi connectivity index (χ1) is 11.6. The Labute approximate surface area is 150 Å². The van der Waals surface area contributed by atoms with E-state index >= 15 is 0 Å². The molecule has 0 bridgehead atoms. The highest BCUT2D eigenvalue weighted by atomic mass is 35.5. The van der Waals surface area contributed by atoms with Gasteiger partial charge >= 0.3 is 5.97 Å². The Morgan fingerprint density at radius 2 is 1.92 bits per heavy atom. The van der Waals surface area contributed by atoms with Gasteiger partial charge in [-0.3, -0.25) is 14.5 Å². The van der Waals surface area contributed by atoms with Crippen LogP contribution in [0.4, 0.5) is 0 Å². The van der Waals surface area contributed by atoms with Crippen LogP contribution in [0.2, 0.25) is 5.02 Å². The maximum absolute atomic E-state index is 12.9. The molecular weight excluding hydrogens is 368 g/mol. The number of hydrogen-bond donors (Lipinski definition) is 1. The van der Waals surface area contributed by atoms with E-state index in [0.29, 0.717) is 10.6 Å². The SMILES string of the molecule is Cc1cc(Cl)ccc1S(=O)(=O)[C@H]1C[C@@H](C(=O)O)[C@H](C(=O)N(C)C#N)C1. The van der Waals surface area contributed by atoms with Crippen molar-refractivity contribution in [3.8, 4) is 6.19 Å². The molecule has 0 spiro atoms. The number of carboxylic acids is 1. The number of benzene rings is 1. The van der Waals surface area contributed by atoms with Gasteiger partial charge < -0.3 is 5.11 Å². The number of rotatable bonds is 4. The molecule has 1 amide bonds.